The van der Waals surface area contributed by atoms with Gasteiger partial charge in [-0.1, -0.05) is 52.0 Å². The number of nitrogens with zero attached hydrogens (tertiary/aromatic N) is 2. The third kappa shape index (κ3) is 9.81. The van der Waals surface area contributed by atoms with Gasteiger partial charge in [-0.05, 0) is 62.6 Å². The van der Waals surface area contributed by atoms with Crippen LogP contribution in [0.2, 0.25) is 0 Å². The molecule has 0 N–H and O–H groups in total. The second-order valence-electron chi connectivity index (χ2n) is 8.84. The Morgan fingerprint density at radius 2 is 1.26 bits per heavy atom. The zero-order valence-corrected chi connectivity index (χ0v) is 23.3. The van der Waals surface area contributed by atoms with Crippen molar-refractivity contribution in [3.05, 3.63) is 59.7 Å². The van der Waals surface area contributed by atoms with Gasteiger partial charge in [-0.25, -0.2) is 4.79 Å². The van der Waals surface area contributed by atoms with E-state index in [0.29, 0.717) is 13.1 Å². The van der Waals surface area contributed by atoms with Gasteiger partial charge in [0, 0.05) is 32.2 Å². The van der Waals surface area contributed by atoms with Crippen LogP contribution in [0, 0.1) is 0 Å². The maximum absolute atomic E-state index is 12.4. The third-order valence-corrected chi connectivity index (χ3v) is 5.50. The molecule has 0 bridgehead atoms. The first-order valence-electron chi connectivity index (χ1n) is 12.8. The van der Waals surface area contributed by atoms with Crippen LogP contribution in [0.5, 0.6) is 11.5 Å². The Bertz CT molecular complexity index is 836. The molecule has 0 saturated carbocycles. The van der Waals surface area contributed by atoms with Crippen molar-refractivity contribution in [3.8, 4) is 11.5 Å². The number of amides is 1. The summed E-state index contributed by atoms with van der Waals surface area (Å²) in [6, 6.07) is 16.7. The van der Waals surface area contributed by atoms with Gasteiger partial charge in [-0.2, -0.15) is 0 Å². The average molecular weight is 487 g/mol. The number of ether oxygens (including phenoxy) is 3. The molecule has 1 heterocycles. The molecule has 2 aromatic carbocycles. The monoisotopic (exact) mass is 486 g/mol. The number of carbonyl (C=O) groups excluding carboxylic acids is 1. The topological polar surface area (TPSA) is 51.2 Å². The quantitative estimate of drug-likeness (QED) is 0.461. The van der Waals surface area contributed by atoms with Crippen LogP contribution >= 0.6 is 0 Å². The molecular weight excluding hydrogens is 440 g/mol. The van der Waals surface area contributed by atoms with Crippen molar-refractivity contribution < 1.29 is 19.0 Å². The smallest absolute Gasteiger partial charge is 0.410 e. The van der Waals surface area contributed by atoms with E-state index in [2.05, 4.69) is 29.2 Å². The minimum absolute atomic E-state index is 0.208. The molecule has 6 heteroatoms. The summed E-state index contributed by atoms with van der Waals surface area (Å²) in [5, 5.41) is 0. The molecular formula is C29H46N2O4. The fourth-order valence-electron chi connectivity index (χ4n) is 3.81. The van der Waals surface area contributed by atoms with E-state index in [1.165, 1.54) is 11.1 Å². The molecule has 0 aromatic heterocycles. The summed E-state index contributed by atoms with van der Waals surface area (Å²) in [6.07, 6.45) is 0.645. The number of rotatable bonds is 6. The minimum Gasteiger partial charge on any atom is -0.497 e. The number of carbonyl (C=O) groups is 1. The summed E-state index contributed by atoms with van der Waals surface area (Å²) in [4.78, 5) is 16.7. The first kappa shape index (κ1) is 30.3. The Kier molecular flexibility index (Phi) is 13.2. The standard InChI is InChI=1S/C25H34N2O4.2C2H6/c1-25(2,3)31-24(28)27-16-14-26(15-17-27)23(20-8-12-22(30-5)13-9-20)18-19-6-10-21(29-4)11-7-19;2*1-2/h6-13,23H,14-18H2,1-5H3;2*1-2H3. The molecule has 0 spiro atoms. The van der Waals surface area contributed by atoms with Crippen LogP contribution in [0.25, 0.3) is 0 Å². The highest BCUT2D eigenvalue weighted by Crippen LogP contribution is 2.29. The summed E-state index contributed by atoms with van der Waals surface area (Å²) in [6.45, 7) is 16.6. The molecule has 6 nitrogen and oxygen atoms in total. The molecule has 1 atom stereocenters. The summed E-state index contributed by atoms with van der Waals surface area (Å²) in [5.74, 6) is 1.71. The third-order valence-electron chi connectivity index (χ3n) is 5.50. The first-order chi connectivity index (χ1) is 16.8. The van der Waals surface area contributed by atoms with Crippen LogP contribution in [0.4, 0.5) is 4.79 Å². The molecule has 2 aromatic rings. The number of benzene rings is 2. The summed E-state index contributed by atoms with van der Waals surface area (Å²) < 4.78 is 16.2. The lowest BCUT2D eigenvalue weighted by atomic mass is 9.96. The van der Waals surface area contributed by atoms with E-state index in [-0.39, 0.29) is 12.1 Å². The first-order valence-corrected chi connectivity index (χ1v) is 12.8. The van der Waals surface area contributed by atoms with E-state index in [9.17, 15) is 4.79 Å². The predicted molar refractivity (Wildman–Crippen MR) is 145 cm³/mol. The van der Waals surface area contributed by atoms with Crippen LogP contribution < -0.4 is 9.47 Å². The van der Waals surface area contributed by atoms with Crippen LogP contribution in [0.15, 0.2) is 48.5 Å². The fourth-order valence-corrected chi connectivity index (χ4v) is 3.81. The van der Waals surface area contributed by atoms with Crippen LogP contribution in [0.3, 0.4) is 0 Å². The molecule has 0 aliphatic carbocycles. The van der Waals surface area contributed by atoms with Crippen molar-refractivity contribution in [2.45, 2.75) is 66.5 Å². The van der Waals surface area contributed by atoms with Crippen LogP contribution in [0.1, 0.15) is 65.6 Å². The van der Waals surface area contributed by atoms with Crippen LogP contribution in [-0.4, -0.2) is 61.9 Å². The molecule has 0 radical (unpaired) electrons. The highest BCUT2D eigenvalue weighted by atomic mass is 16.6. The number of methoxy groups -OCH3 is 2. The van der Waals surface area contributed by atoms with E-state index in [4.69, 9.17) is 14.2 Å². The largest absolute Gasteiger partial charge is 0.497 e. The van der Waals surface area contributed by atoms with Crippen LogP contribution in [-0.2, 0) is 11.2 Å². The van der Waals surface area contributed by atoms with Gasteiger partial charge in [0.25, 0.3) is 0 Å². The number of hydrogen-bond donors (Lipinski definition) is 0. The molecule has 1 saturated heterocycles. The minimum atomic E-state index is -0.478. The van der Waals surface area contributed by atoms with E-state index in [1.807, 2.05) is 72.7 Å². The van der Waals surface area contributed by atoms with Crippen molar-refractivity contribution in [1.29, 1.82) is 0 Å². The van der Waals surface area contributed by atoms with Crippen molar-refractivity contribution in [1.82, 2.24) is 9.80 Å². The normalized spacial score (nSPS) is 14.5. The Morgan fingerprint density at radius 1 is 0.800 bits per heavy atom. The maximum Gasteiger partial charge on any atom is 0.410 e. The average Bonchev–Trinajstić information content (AvgIpc) is 2.89. The number of hydrogen-bond acceptors (Lipinski definition) is 5. The van der Waals surface area contributed by atoms with E-state index < -0.39 is 5.60 Å². The molecule has 1 fully saturated rings. The van der Waals surface area contributed by atoms with Gasteiger partial charge in [0.15, 0.2) is 0 Å². The SMILES string of the molecule is CC.CC.COc1ccc(CC(c2ccc(OC)cc2)N2CCN(C(=O)OC(C)(C)C)CC2)cc1. The van der Waals surface area contributed by atoms with Crippen molar-refractivity contribution in [2.24, 2.45) is 0 Å². The number of piperazine rings is 1. The second-order valence-corrected chi connectivity index (χ2v) is 8.84. The van der Waals surface area contributed by atoms with Crippen molar-refractivity contribution >= 4 is 6.09 Å². The maximum atomic E-state index is 12.4. The van der Waals surface area contributed by atoms with Gasteiger partial charge >= 0.3 is 6.09 Å². The van der Waals surface area contributed by atoms with E-state index in [1.54, 1.807) is 19.1 Å². The highest BCUT2D eigenvalue weighted by Gasteiger charge is 2.29. The molecule has 35 heavy (non-hydrogen) atoms. The Labute approximate surface area is 213 Å². The summed E-state index contributed by atoms with van der Waals surface area (Å²) >= 11 is 0. The lowest BCUT2D eigenvalue weighted by Crippen LogP contribution is -2.51. The lowest BCUT2D eigenvalue weighted by Gasteiger charge is -2.40. The van der Waals surface area contributed by atoms with Crippen molar-refractivity contribution in [2.75, 3.05) is 40.4 Å². The predicted octanol–water partition coefficient (Wildman–Crippen LogP) is 6.59. The van der Waals surface area contributed by atoms with Gasteiger partial charge in [0.1, 0.15) is 17.1 Å². The Morgan fingerprint density at radius 3 is 1.69 bits per heavy atom. The molecule has 1 amide bonds. The Balaban J connectivity index is 0.00000145. The zero-order chi connectivity index (χ0) is 26.4. The van der Waals surface area contributed by atoms with Gasteiger partial charge in [0.05, 0.1) is 14.2 Å². The van der Waals surface area contributed by atoms with Crippen molar-refractivity contribution in [3.63, 3.8) is 0 Å². The van der Waals surface area contributed by atoms with Gasteiger partial charge in [-0.3, -0.25) is 4.90 Å². The zero-order valence-electron chi connectivity index (χ0n) is 23.3. The van der Waals surface area contributed by atoms with Gasteiger partial charge < -0.3 is 19.1 Å². The van der Waals surface area contributed by atoms with E-state index in [0.717, 1.165) is 31.0 Å². The molecule has 1 aliphatic rings. The molecule has 1 unspecified atom stereocenters. The second kappa shape index (κ2) is 15.3. The molecule has 1 aliphatic heterocycles. The Hall–Kier alpha value is -2.73. The van der Waals surface area contributed by atoms with Gasteiger partial charge in [-0.15, -0.1) is 0 Å². The summed E-state index contributed by atoms with van der Waals surface area (Å²) in [5.41, 5.74) is 2.01. The van der Waals surface area contributed by atoms with E-state index >= 15 is 0 Å². The lowest BCUT2D eigenvalue weighted by molar-refractivity contribution is 0.0102. The highest BCUT2D eigenvalue weighted by molar-refractivity contribution is 5.68. The summed E-state index contributed by atoms with van der Waals surface area (Å²) in [7, 11) is 3.36. The van der Waals surface area contributed by atoms with Gasteiger partial charge in [0.2, 0.25) is 0 Å². The molecule has 196 valence electrons. The molecule has 3 rings (SSSR count). The fraction of sp³-hybridized carbons (Fsp3) is 0.552.